The van der Waals surface area contributed by atoms with Crippen LogP contribution in [-0.2, 0) is 4.79 Å². The fourth-order valence-corrected chi connectivity index (χ4v) is 3.29. The van der Waals surface area contributed by atoms with Crippen molar-refractivity contribution in [1.29, 1.82) is 0 Å². The average Bonchev–Trinajstić information content (AvgIpc) is 2.87. The standard InChI is InChI=1S/C22H18N2O/c1-15-12-16(2)14-17(13-15)23-21-19-10-6-7-11-20(19)24(22(21)25)18-8-4-3-5-9-18/h3-14H,1-2H3. The summed E-state index contributed by atoms with van der Waals surface area (Å²) in [5.41, 5.74) is 6.17. The van der Waals surface area contributed by atoms with Crippen LogP contribution in [0.25, 0.3) is 0 Å². The second kappa shape index (κ2) is 6.02. The highest BCUT2D eigenvalue weighted by molar-refractivity contribution is 6.56. The van der Waals surface area contributed by atoms with Crippen molar-refractivity contribution in [3.8, 4) is 0 Å². The van der Waals surface area contributed by atoms with E-state index in [1.165, 1.54) is 0 Å². The molecule has 3 heteroatoms. The van der Waals surface area contributed by atoms with Crippen LogP contribution < -0.4 is 4.90 Å². The number of carbonyl (C=O) groups is 1. The second-order valence-electron chi connectivity index (χ2n) is 6.30. The number of anilines is 2. The van der Waals surface area contributed by atoms with Gasteiger partial charge in [-0.2, -0.15) is 0 Å². The van der Waals surface area contributed by atoms with Crippen LogP contribution in [0.1, 0.15) is 16.7 Å². The summed E-state index contributed by atoms with van der Waals surface area (Å²) in [7, 11) is 0. The number of para-hydroxylation sites is 2. The van der Waals surface area contributed by atoms with Crippen LogP contribution >= 0.6 is 0 Å². The molecule has 3 nitrogen and oxygen atoms in total. The molecule has 122 valence electrons. The zero-order valence-corrected chi connectivity index (χ0v) is 14.2. The van der Waals surface area contributed by atoms with Crippen molar-refractivity contribution in [2.45, 2.75) is 13.8 Å². The predicted molar refractivity (Wildman–Crippen MR) is 102 cm³/mol. The highest BCUT2D eigenvalue weighted by atomic mass is 16.2. The summed E-state index contributed by atoms with van der Waals surface area (Å²) in [6.07, 6.45) is 0. The molecule has 3 aromatic carbocycles. The van der Waals surface area contributed by atoms with E-state index in [0.717, 1.165) is 33.8 Å². The van der Waals surface area contributed by atoms with E-state index in [4.69, 9.17) is 4.99 Å². The Labute approximate surface area is 147 Å². The van der Waals surface area contributed by atoms with E-state index in [1.807, 2.05) is 80.6 Å². The topological polar surface area (TPSA) is 32.7 Å². The van der Waals surface area contributed by atoms with E-state index in [9.17, 15) is 4.79 Å². The van der Waals surface area contributed by atoms with Gasteiger partial charge < -0.3 is 0 Å². The molecule has 3 aromatic rings. The molecule has 0 fully saturated rings. The van der Waals surface area contributed by atoms with E-state index in [1.54, 1.807) is 4.90 Å². The average molecular weight is 326 g/mol. The lowest BCUT2D eigenvalue weighted by atomic mass is 10.1. The number of hydrogen-bond acceptors (Lipinski definition) is 2. The third-order valence-electron chi connectivity index (χ3n) is 4.27. The summed E-state index contributed by atoms with van der Waals surface area (Å²) in [5.74, 6) is -0.0911. The Bertz CT molecular complexity index is 970. The molecule has 1 amide bonds. The zero-order valence-electron chi connectivity index (χ0n) is 14.2. The SMILES string of the molecule is Cc1cc(C)cc(N=C2C(=O)N(c3ccccc3)c3ccccc32)c1. The van der Waals surface area contributed by atoms with Crippen molar-refractivity contribution < 1.29 is 4.79 Å². The van der Waals surface area contributed by atoms with Crippen LogP contribution in [0.15, 0.2) is 77.8 Å². The minimum atomic E-state index is -0.0911. The zero-order chi connectivity index (χ0) is 17.4. The normalized spacial score (nSPS) is 14.9. The highest BCUT2D eigenvalue weighted by Crippen LogP contribution is 2.36. The molecule has 1 aliphatic rings. The maximum Gasteiger partial charge on any atom is 0.282 e. The Morgan fingerprint density at radius 1 is 0.800 bits per heavy atom. The maximum absolute atomic E-state index is 13.1. The largest absolute Gasteiger partial charge is 0.282 e. The van der Waals surface area contributed by atoms with Crippen molar-refractivity contribution in [3.63, 3.8) is 0 Å². The molecule has 0 saturated carbocycles. The molecule has 0 N–H and O–H groups in total. The van der Waals surface area contributed by atoms with E-state index >= 15 is 0 Å². The Morgan fingerprint density at radius 3 is 2.16 bits per heavy atom. The quantitative estimate of drug-likeness (QED) is 0.644. The number of fused-ring (bicyclic) bond motifs is 1. The van der Waals surface area contributed by atoms with Gasteiger partial charge in [-0.1, -0.05) is 42.5 Å². The first-order chi connectivity index (χ1) is 12.1. The lowest BCUT2D eigenvalue weighted by Crippen LogP contribution is -2.25. The number of rotatable bonds is 2. The minimum Gasteiger partial charge on any atom is -0.275 e. The van der Waals surface area contributed by atoms with E-state index in [2.05, 4.69) is 6.07 Å². The van der Waals surface area contributed by atoms with Crippen LogP contribution in [0, 0.1) is 13.8 Å². The Balaban J connectivity index is 1.87. The van der Waals surface area contributed by atoms with Crippen molar-refractivity contribution in [2.75, 3.05) is 4.90 Å². The molecule has 0 spiro atoms. The molecule has 0 atom stereocenters. The second-order valence-corrected chi connectivity index (χ2v) is 6.30. The smallest absolute Gasteiger partial charge is 0.275 e. The third-order valence-corrected chi connectivity index (χ3v) is 4.27. The van der Waals surface area contributed by atoms with Gasteiger partial charge in [0.15, 0.2) is 0 Å². The highest BCUT2D eigenvalue weighted by Gasteiger charge is 2.34. The maximum atomic E-state index is 13.1. The molecular formula is C22H18N2O. The van der Waals surface area contributed by atoms with Crippen molar-refractivity contribution in [3.05, 3.63) is 89.5 Å². The summed E-state index contributed by atoms with van der Waals surface area (Å²) in [6.45, 7) is 4.08. The number of aliphatic imine (C=N–C) groups is 1. The Morgan fingerprint density at radius 2 is 1.44 bits per heavy atom. The number of nitrogens with zero attached hydrogens (tertiary/aromatic N) is 2. The molecule has 25 heavy (non-hydrogen) atoms. The Kier molecular flexibility index (Phi) is 3.69. The first-order valence-corrected chi connectivity index (χ1v) is 8.29. The van der Waals surface area contributed by atoms with Crippen molar-refractivity contribution in [2.24, 2.45) is 4.99 Å². The predicted octanol–water partition coefficient (Wildman–Crippen LogP) is 5.10. The van der Waals surface area contributed by atoms with Gasteiger partial charge in [0, 0.05) is 11.3 Å². The number of carbonyl (C=O) groups excluding carboxylic acids is 1. The number of amides is 1. The van der Waals surface area contributed by atoms with Gasteiger partial charge in [0.25, 0.3) is 5.91 Å². The summed E-state index contributed by atoms with van der Waals surface area (Å²) >= 11 is 0. The van der Waals surface area contributed by atoms with Crippen LogP contribution in [0.3, 0.4) is 0 Å². The molecule has 0 bridgehead atoms. The van der Waals surface area contributed by atoms with Crippen LogP contribution in [0.2, 0.25) is 0 Å². The van der Waals surface area contributed by atoms with E-state index < -0.39 is 0 Å². The van der Waals surface area contributed by atoms with Gasteiger partial charge in [-0.15, -0.1) is 0 Å². The van der Waals surface area contributed by atoms with E-state index in [-0.39, 0.29) is 5.91 Å². The fraction of sp³-hybridized carbons (Fsp3) is 0.0909. The van der Waals surface area contributed by atoms with Gasteiger partial charge >= 0.3 is 0 Å². The monoisotopic (exact) mass is 326 g/mol. The molecule has 4 rings (SSSR count). The first kappa shape index (κ1) is 15.3. The molecular weight excluding hydrogens is 308 g/mol. The lowest BCUT2D eigenvalue weighted by molar-refractivity contribution is -0.111. The van der Waals surface area contributed by atoms with Crippen molar-refractivity contribution in [1.82, 2.24) is 0 Å². The summed E-state index contributed by atoms with van der Waals surface area (Å²) in [4.78, 5) is 19.6. The summed E-state index contributed by atoms with van der Waals surface area (Å²) < 4.78 is 0. The minimum absolute atomic E-state index is 0.0911. The molecule has 1 heterocycles. The van der Waals surface area contributed by atoms with Gasteiger partial charge in [-0.3, -0.25) is 9.69 Å². The third kappa shape index (κ3) is 2.74. The number of hydrogen-bond donors (Lipinski definition) is 0. The van der Waals surface area contributed by atoms with Gasteiger partial charge in [0.05, 0.1) is 11.4 Å². The lowest BCUT2D eigenvalue weighted by Gasteiger charge is -2.16. The molecule has 1 aliphatic heterocycles. The number of benzene rings is 3. The van der Waals surface area contributed by atoms with Crippen LogP contribution in [-0.4, -0.2) is 11.6 Å². The molecule has 0 radical (unpaired) electrons. The van der Waals surface area contributed by atoms with Crippen molar-refractivity contribution >= 4 is 28.7 Å². The first-order valence-electron chi connectivity index (χ1n) is 8.29. The van der Waals surface area contributed by atoms with Gasteiger partial charge in [0.1, 0.15) is 5.71 Å². The molecule has 0 saturated heterocycles. The summed E-state index contributed by atoms with van der Waals surface area (Å²) in [5, 5.41) is 0. The van der Waals surface area contributed by atoms with Gasteiger partial charge in [-0.25, -0.2) is 4.99 Å². The molecule has 0 aliphatic carbocycles. The van der Waals surface area contributed by atoms with Crippen LogP contribution in [0.4, 0.5) is 17.1 Å². The van der Waals surface area contributed by atoms with E-state index in [0.29, 0.717) is 5.71 Å². The van der Waals surface area contributed by atoms with Crippen LogP contribution in [0.5, 0.6) is 0 Å². The molecule has 0 aromatic heterocycles. The van der Waals surface area contributed by atoms with Gasteiger partial charge in [-0.05, 0) is 55.3 Å². The number of aryl methyl sites for hydroxylation is 2. The Hall–Kier alpha value is -3.20. The molecule has 0 unspecified atom stereocenters. The fourth-order valence-electron chi connectivity index (χ4n) is 3.29. The summed E-state index contributed by atoms with van der Waals surface area (Å²) in [6, 6.07) is 23.6. The van der Waals surface area contributed by atoms with Gasteiger partial charge in [0.2, 0.25) is 0 Å².